The molecule has 1 amide bonds. The van der Waals surface area contributed by atoms with Gasteiger partial charge in [0, 0.05) is 13.1 Å². The summed E-state index contributed by atoms with van der Waals surface area (Å²) in [5, 5.41) is 0.0574. The third-order valence-electron chi connectivity index (χ3n) is 6.24. The second-order valence-corrected chi connectivity index (χ2v) is 14.0. The van der Waals surface area contributed by atoms with Crippen LogP contribution in [-0.2, 0) is 20.6 Å². The maximum absolute atomic E-state index is 13.2. The van der Waals surface area contributed by atoms with Gasteiger partial charge in [-0.2, -0.15) is 0 Å². The van der Waals surface area contributed by atoms with Gasteiger partial charge in [0.1, 0.15) is 11.5 Å². The molecular formula is C21H31NO3Si. The van der Waals surface area contributed by atoms with E-state index in [1.165, 1.54) is 0 Å². The first-order valence-electron chi connectivity index (χ1n) is 9.63. The van der Waals surface area contributed by atoms with Gasteiger partial charge in [-0.05, 0) is 43.0 Å². The Balaban J connectivity index is 1.68. The zero-order valence-corrected chi connectivity index (χ0v) is 17.7. The third kappa shape index (κ3) is 3.65. The Bertz CT molecular complexity index is 689. The zero-order chi connectivity index (χ0) is 19.2. The minimum Gasteiger partial charge on any atom is -0.404 e. The molecule has 142 valence electrons. The Kier molecular flexibility index (Phi) is 4.91. The minimum atomic E-state index is -2.04. The highest BCUT2D eigenvalue weighted by atomic mass is 28.4. The van der Waals surface area contributed by atoms with Crippen molar-refractivity contribution in [1.29, 1.82) is 0 Å². The number of amides is 1. The van der Waals surface area contributed by atoms with Gasteiger partial charge in [-0.15, -0.1) is 0 Å². The van der Waals surface area contributed by atoms with E-state index in [2.05, 4.69) is 33.9 Å². The average Bonchev–Trinajstić information content (AvgIpc) is 3.24. The molecule has 1 aromatic rings. The third-order valence-corrected chi connectivity index (χ3v) is 10.8. The lowest BCUT2D eigenvalue weighted by molar-refractivity contribution is -0.141. The van der Waals surface area contributed by atoms with Crippen LogP contribution in [0.3, 0.4) is 0 Å². The van der Waals surface area contributed by atoms with Crippen molar-refractivity contribution in [3.8, 4) is 0 Å². The van der Waals surface area contributed by atoms with E-state index in [-0.39, 0.29) is 16.7 Å². The number of hydrogen-bond acceptors (Lipinski definition) is 3. The maximum Gasteiger partial charge on any atom is 0.233 e. The van der Waals surface area contributed by atoms with Gasteiger partial charge in [0.25, 0.3) is 0 Å². The highest BCUT2D eigenvalue weighted by molar-refractivity contribution is 6.74. The lowest BCUT2D eigenvalue weighted by Crippen LogP contribution is -2.49. The fraction of sp³-hybridized carbons (Fsp3) is 0.619. The summed E-state index contributed by atoms with van der Waals surface area (Å²) in [6.07, 6.45) is 2.15. The fourth-order valence-corrected chi connectivity index (χ4v) is 5.00. The van der Waals surface area contributed by atoms with E-state index in [4.69, 9.17) is 4.43 Å². The first-order valence-corrected chi connectivity index (χ1v) is 12.5. The largest absolute Gasteiger partial charge is 0.404 e. The van der Waals surface area contributed by atoms with Crippen molar-refractivity contribution in [2.45, 2.75) is 70.3 Å². The molecule has 3 rings (SSSR count). The number of hydrogen-bond donors (Lipinski definition) is 0. The summed E-state index contributed by atoms with van der Waals surface area (Å²) in [7, 11) is -2.04. The van der Waals surface area contributed by atoms with Crippen LogP contribution in [0.1, 0.15) is 45.6 Å². The molecule has 1 aliphatic heterocycles. The van der Waals surface area contributed by atoms with Gasteiger partial charge < -0.3 is 9.33 Å². The summed E-state index contributed by atoms with van der Waals surface area (Å²) >= 11 is 0. The molecule has 0 aromatic heterocycles. The maximum atomic E-state index is 13.2. The molecule has 1 saturated heterocycles. The number of carbonyl (C=O) groups excluding carboxylic acids is 2. The van der Waals surface area contributed by atoms with Crippen LogP contribution in [0.2, 0.25) is 18.1 Å². The zero-order valence-electron chi connectivity index (χ0n) is 16.7. The molecule has 1 saturated carbocycles. The Hall–Kier alpha value is -1.46. The van der Waals surface area contributed by atoms with E-state index in [1.54, 1.807) is 0 Å². The van der Waals surface area contributed by atoms with Crippen LogP contribution in [0.15, 0.2) is 30.3 Å². The molecule has 1 atom stereocenters. The molecule has 1 aromatic carbocycles. The van der Waals surface area contributed by atoms with Crippen molar-refractivity contribution in [2.24, 2.45) is 5.92 Å². The first kappa shape index (κ1) is 19.3. The van der Waals surface area contributed by atoms with Crippen molar-refractivity contribution in [2.75, 3.05) is 6.54 Å². The van der Waals surface area contributed by atoms with E-state index in [9.17, 15) is 9.59 Å². The van der Waals surface area contributed by atoms with Crippen molar-refractivity contribution in [1.82, 2.24) is 4.90 Å². The monoisotopic (exact) mass is 373 g/mol. The minimum absolute atomic E-state index is 0.0241. The smallest absolute Gasteiger partial charge is 0.233 e. The summed E-state index contributed by atoms with van der Waals surface area (Å²) in [6.45, 7) is 12.1. The summed E-state index contributed by atoms with van der Waals surface area (Å²) in [5.41, 5.74) is 0.416. The Morgan fingerprint density at radius 2 is 1.85 bits per heavy atom. The van der Waals surface area contributed by atoms with Gasteiger partial charge >= 0.3 is 0 Å². The summed E-state index contributed by atoms with van der Waals surface area (Å²) in [5.74, 6) is -0.516. The van der Waals surface area contributed by atoms with Crippen LogP contribution >= 0.6 is 0 Å². The number of carbonyl (C=O) groups is 2. The first-order chi connectivity index (χ1) is 12.1. The molecule has 1 heterocycles. The van der Waals surface area contributed by atoms with E-state index in [0.717, 1.165) is 18.4 Å². The van der Waals surface area contributed by atoms with Crippen molar-refractivity contribution < 1.29 is 14.0 Å². The number of Topliss-reactive ketones (excluding diaryl/α,β-unsaturated/α-hetero) is 1. The predicted molar refractivity (Wildman–Crippen MR) is 105 cm³/mol. The highest BCUT2D eigenvalue weighted by Gasteiger charge is 2.59. The van der Waals surface area contributed by atoms with Crippen LogP contribution in [-0.4, -0.2) is 37.1 Å². The summed E-state index contributed by atoms with van der Waals surface area (Å²) < 4.78 is 6.50. The predicted octanol–water partition coefficient (Wildman–Crippen LogP) is 4.16. The van der Waals surface area contributed by atoms with E-state index < -0.39 is 19.8 Å². The van der Waals surface area contributed by atoms with Gasteiger partial charge in [0.05, 0.1) is 0 Å². The number of benzene rings is 1. The van der Waals surface area contributed by atoms with E-state index >= 15 is 0 Å². The van der Waals surface area contributed by atoms with Gasteiger partial charge in [-0.25, -0.2) is 0 Å². The molecule has 4 nitrogen and oxygen atoms in total. The second kappa shape index (κ2) is 6.61. The fourth-order valence-electron chi connectivity index (χ4n) is 3.41. The molecule has 0 spiro atoms. The van der Waals surface area contributed by atoms with Gasteiger partial charge in [0.15, 0.2) is 14.1 Å². The number of rotatable bonds is 6. The highest BCUT2D eigenvalue weighted by Crippen LogP contribution is 2.50. The topological polar surface area (TPSA) is 46.6 Å². The second-order valence-electron chi connectivity index (χ2n) is 9.31. The molecule has 2 fully saturated rings. The summed E-state index contributed by atoms with van der Waals surface area (Å²) in [6, 6.07) is 9.96. The molecule has 2 aliphatic rings. The number of likely N-dealkylation sites (tertiary alicyclic amines) is 1. The Morgan fingerprint density at radius 1 is 1.23 bits per heavy atom. The van der Waals surface area contributed by atoms with Crippen molar-refractivity contribution in [3.63, 3.8) is 0 Å². The van der Waals surface area contributed by atoms with Crippen LogP contribution < -0.4 is 0 Å². The lowest BCUT2D eigenvalue weighted by atomic mass is 9.97. The van der Waals surface area contributed by atoms with E-state index in [1.807, 2.05) is 35.2 Å². The standard InChI is InChI=1S/C21H31NO3Si/c1-20(2,3)26(4,5)25-21(12-13-21)18(23)17-11-14-22(19(17)24)15-16-9-7-6-8-10-16/h6-10,17H,11-15H2,1-5H3. The molecule has 1 aliphatic carbocycles. The van der Waals surface area contributed by atoms with Crippen LogP contribution in [0.4, 0.5) is 0 Å². The van der Waals surface area contributed by atoms with Gasteiger partial charge in [0.2, 0.25) is 5.91 Å². The number of nitrogens with zero attached hydrogens (tertiary/aromatic N) is 1. The van der Waals surface area contributed by atoms with Crippen LogP contribution in [0, 0.1) is 5.92 Å². The average molecular weight is 374 g/mol. The lowest BCUT2D eigenvalue weighted by Gasteiger charge is -2.39. The van der Waals surface area contributed by atoms with Crippen LogP contribution in [0.25, 0.3) is 0 Å². The Morgan fingerprint density at radius 3 is 2.38 bits per heavy atom. The normalized spacial score (nSPS) is 22.6. The van der Waals surface area contributed by atoms with E-state index in [0.29, 0.717) is 19.5 Å². The van der Waals surface area contributed by atoms with Crippen molar-refractivity contribution in [3.05, 3.63) is 35.9 Å². The molecule has 1 unspecified atom stereocenters. The number of ketones is 1. The quantitative estimate of drug-likeness (QED) is 0.556. The molecule has 5 heteroatoms. The van der Waals surface area contributed by atoms with Gasteiger partial charge in [-0.3, -0.25) is 9.59 Å². The molecule has 0 bridgehead atoms. The molecule has 0 radical (unpaired) electrons. The van der Waals surface area contributed by atoms with Crippen LogP contribution in [0.5, 0.6) is 0 Å². The molecular weight excluding hydrogens is 342 g/mol. The van der Waals surface area contributed by atoms with Crippen molar-refractivity contribution >= 4 is 20.0 Å². The molecule has 26 heavy (non-hydrogen) atoms. The molecule has 0 N–H and O–H groups in total. The summed E-state index contributed by atoms with van der Waals surface area (Å²) in [4.78, 5) is 27.9. The SMILES string of the molecule is CC(C)(C)[Si](C)(C)OC1(C(=O)C2CCN(Cc3ccccc3)C2=O)CC1. The van der Waals surface area contributed by atoms with Gasteiger partial charge in [-0.1, -0.05) is 51.1 Å². The Labute approximate surface area is 158 Å².